The Morgan fingerprint density at radius 1 is 0.957 bits per heavy atom. The number of halogens is 1. The van der Waals surface area contributed by atoms with Crippen LogP contribution in [-0.4, -0.2) is 18.4 Å². The summed E-state index contributed by atoms with van der Waals surface area (Å²) < 4.78 is 0.868. The predicted octanol–water partition coefficient (Wildman–Crippen LogP) is 3.52. The van der Waals surface area contributed by atoms with E-state index in [0.717, 1.165) is 16.5 Å². The van der Waals surface area contributed by atoms with Gasteiger partial charge in [0.2, 0.25) is 0 Å². The molecule has 0 saturated heterocycles. The summed E-state index contributed by atoms with van der Waals surface area (Å²) in [4.78, 5) is 23.9. The average molecular weight is 375 g/mol. The molecule has 0 unspecified atom stereocenters. The third-order valence-corrected chi connectivity index (χ3v) is 3.78. The molecule has 2 N–H and O–H groups in total. The summed E-state index contributed by atoms with van der Waals surface area (Å²) in [6.07, 6.45) is 0.908. The summed E-state index contributed by atoms with van der Waals surface area (Å²) in [5, 5.41) is 5.70. The van der Waals surface area contributed by atoms with Crippen molar-refractivity contribution in [3.63, 3.8) is 0 Å². The second-order valence-electron chi connectivity index (χ2n) is 5.15. The van der Waals surface area contributed by atoms with Crippen molar-refractivity contribution in [2.24, 2.45) is 0 Å². The van der Waals surface area contributed by atoms with Gasteiger partial charge < -0.3 is 10.6 Å². The molecule has 0 bridgehead atoms. The highest BCUT2D eigenvalue weighted by Gasteiger charge is 2.07. The van der Waals surface area contributed by atoms with Gasteiger partial charge in [-0.05, 0) is 42.3 Å². The van der Waals surface area contributed by atoms with E-state index in [2.05, 4.69) is 26.6 Å². The van der Waals surface area contributed by atoms with Crippen LogP contribution >= 0.6 is 15.9 Å². The van der Waals surface area contributed by atoms with Crippen LogP contribution in [0.1, 0.15) is 39.6 Å². The second kappa shape index (κ2) is 8.48. The van der Waals surface area contributed by atoms with Crippen molar-refractivity contribution in [1.29, 1.82) is 0 Å². The lowest BCUT2D eigenvalue weighted by Crippen LogP contribution is -2.24. The standard InChI is InChI=1S/C18H19BrN2O2/c1-2-10-20-17(22)14-8-6-13(7-9-14)12-21-18(23)15-4-3-5-16(19)11-15/h3-9,11H,2,10,12H2,1H3,(H,20,22)(H,21,23). The van der Waals surface area contributed by atoms with Crippen molar-refractivity contribution in [3.05, 3.63) is 69.7 Å². The third kappa shape index (κ3) is 5.21. The maximum Gasteiger partial charge on any atom is 0.251 e. The van der Waals surface area contributed by atoms with Gasteiger partial charge in [-0.15, -0.1) is 0 Å². The summed E-state index contributed by atoms with van der Waals surface area (Å²) in [5.74, 6) is -0.201. The molecule has 2 rings (SSSR count). The van der Waals surface area contributed by atoms with E-state index in [-0.39, 0.29) is 11.8 Å². The molecule has 0 aromatic heterocycles. The lowest BCUT2D eigenvalue weighted by atomic mass is 10.1. The second-order valence-corrected chi connectivity index (χ2v) is 6.06. The Balaban J connectivity index is 1.91. The van der Waals surface area contributed by atoms with Crippen LogP contribution in [0.4, 0.5) is 0 Å². The molecular formula is C18H19BrN2O2. The molecule has 120 valence electrons. The molecule has 2 aromatic rings. The first-order valence-electron chi connectivity index (χ1n) is 7.51. The highest BCUT2D eigenvalue weighted by Crippen LogP contribution is 2.12. The van der Waals surface area contributed by atoms with Crippen molar-refractivity contribution in [2.75, 3.05) is 6.54 Å². The van der Waals surface area contributed by atoms with Gasteiger partial charge in [0.25, 0.3) is 11.8 Å². The third-order valence-electron chi connectivity index (χ3n) is 3.29. The first kappa shape index (κ1) is 17.2. The number of benzene rings is 2. The summed E-state index contributed by atoms with van der Waals surface area (Å²) in [7, 11) is 0. The van der Waals surface area contributed by atoms with E-state index in [4.69, 9.17) is 0 Å². The largest absolute Gasteiger partial charge is 0.352 e. The quantitative estimate of drug-likeness (QED) is 0.812. The molecule has 4 nitrogen and oxygen atoms in total. The predicted molar refractivity (Wildman–Crippen MR) is 94.4 cm³/mol. The topological polar surface area (TPSA) is 58.2 Å². The Labute approximate surface area is 144 Å². The van der Waals surface area contributed by atoms with Crippen molar-refractivity contribution < 1.29 is 9.59 Å². The lowest BCUT2D eigenvalue weighted by Gasteiger charge is -2.07. The Kier molecular flexibility index (Phi) is 6.35. The van der Waals surface area contributed by atoms with Gasteiger partial charge in [-0.3, -0.25) is 9.59 Å². The Bertz CT molecular complexity index is 684. The zero-order valence-corrected chi connectivity index (χ0v) is 14.5. The minimum absolute atomic E-state index is 0.0726. The fourth-order valence-electron chi connectivity index (χ4n) is 2.03. The van der Waals surface area contributed by atoms with Crippen LogP contribution < -0.4 is 10.6 Å². The van der Waals surface area contributed by atoms with E-state index in [0.29, 0.717) is 24.2 Å². The van der Waals surface area contributed by atoms with Crippen molar-refractivity contribution >= 4 is 27.7 Å². The van der Waals surface area contributed by atoms with E-state index in [9.17, 15) is 9.59 Å². The molecule has 23 heavy (non-hydrogen) atoms. The molecule has 5 heteroatoms. The van der Waals surface area contributed by atoms with Crippen molar-refractivity contribution in [1.82, 2.24) is 10.6 Å². The highest BCUT2D eigenvalue weighted by molar-refractivity contribution is 9.10. The van der Waals surface area contributed by atoms with Gasteiger partial charge in [0.1, 0.15) is 0 Å². The van der Waals surface area contributed by atoms with Gasteiger partial charge in [0.05, 0.1) is 0 Å². The monoisotopic (exact) mass is 374 g/mol. The molecule has 2 aromatic carbocycles. The van der Waals surface area contributed by atoms with Crippen LogP contribution in [0.15, 0.2) is 53.0 Å². The van der Waals surface area contributed by atoms with Crippen LogP contribution in [0.2, 0.25) is 0 Å². The summed E-state index contributed by atoms with van der Waals surface area (Å²) in [5.41, 5.74) is 2.18. The molecule has 2 amide bonds. The lowest BCUT2D eigenvalue weighted by molar-refractivity contribution is 0.0943. The highest BCUT2D eigenvalue weighted by atomic mass is 79.9. The van der Waals surface area contributed by atoms with E-state index in [1.807, 2.05) is 31.2 Å². The van der Waals surface area contributed by atoms with Crippen LogP contribution in [0.25, 0.3) is 0 Å². The number of nitrogens with one attached hydrogen (secondary N) is 2. The van der Waals surface area contributed by atoms with Gasteiger partial charge in [-0.1, -0.05) is 41.1 Å². The molecule has 0 radical (unpaired) electrons. The number of carbonyl (C=O) groups excluding carboxylic acids is 2. The molecule has 0 aliphatic rings. The first-order valence-corrected chi connectivity index (χ1v) is 8.30. The Morgan fingerprint density at radius 3 is 2.30 bits per heavy atom. The SMILES string of the molecule is CCCNC(=O)c1ccc(CNC(=O)c2cccc(Br)c2)cc1. The molecule has 0 aliphatic heterocycles. The number of hydrogen-bond donors (Lipinski definition) is 2. The normalized spacial score (nSPS) is 10.2. The van der Waals surface area contributed by atoms with E-state index < -0.39 is 0 Å². The number of carbonyl (C=O) groups is 2. The van der Waals surface area contributed by atoms with Gasteiger partial charge >= 0.3 is 0 Å². The number of rotatable bonds is 6. The fourth-order valence-corrected chi connectivity index (χ4v) is 2.43. The van der Waals surface area contributed by atoms with Crippen LogP contribution in [0, 0.1) is 0 Å². The minimum atomic E-state index is -0.129. The molecule has 0 atom stereocenters. The fraction of sp³-hybridized carbons (Fsp3) is 0.222. The Morgan fingerprint density at radius 2 is 1.65 bits per heavy atom. The molecule has 0 aliphatic carbocycles. The molecule has 0 heterocycles. The molecule has 0 spiro atoms. The molecule has 0 fully saturated rings. The zero-order valence-electron chi connectivity index (χ0n) is 12.9. The summed E-state index contributed by atoms with van der Waals surface area (Å²) in [6.45, 7) is 3.10. The van der Waals surface area contributed by atoms with E-state index in [1.54, 1.807) is 24.3 Å². The smallest absolute Gasteiger partial charge is 0.251 e. The number of hydrogen-bond acceptors (Lipinski definition) is 2. The summed E-state index contributed by atoms with van der Waals surface area (Å²) in [6, 6.07) is 14.5. The van der Waals surface area contributed by atoms with Crippen LogP contribution in [0.3, 0.4) is 0 Å². The molecular weight excluding hydrogens is 356 g/mol. The Hall–Kier alpha value is -2.14. The van der Waals surface area contributed by atoms with Gasteiger partial charge in [0, 0.05) is 28.7 Å². The minimum Gasteiger partial charge on any atom is -0.352 e. The van der Waals surface area contributed by atoms with E-state index >= 15 is 0 Å². The first-order chi connectivity index (χ1) is 11.1. The average Bonchev–Trinajstić information content (AvgIpc) is 2.58. The van der Waals surface area contributed by atoms with Crippen molar-refractivity contribution in [3.8, 4) is 0 Å². The van der Waals surface area contributed by atoms with Crippen LogP contribution in [0.5, 0.6) is 0 Å². The van der Waals surface area contributed by atoms with Crippen LogP contribution in [-0.2, 0) is 6.54 Å². The number of amides is 2. The van der Waals surface area contributed by atoms with E-state index in [1.165, 1.54) is 0 Å². The molecule has 0 saturated carbocycles. The summed E-state index contributed by atoms with van der Waals surface area (Å²) >= 11 is 3.35. The zero-order chi connectivity index (χ0) is 16.7. The van der Waals surface area contributed by atoms with Gasteiger partial charge in [0.15, 0.2) is 0 Å². The van der Waals surface area contributed by atoms with Crippen molar-refractivity contribution in [2.45, 2.75) is 19.9 Å². The van der Waals surface area contributed by atoms with Gasteiger partial charge in [-0.25, -0.2) is 0 Å². The maximum atomic E-state index is 12.1. The van der Waals surface area contributed by atoms with Gasteiger partial charge in [-0.2, -0.15) is 0 Å². The maximum absolute atomic E-state index is 12.1.